The van der Waals surface area contributed by atoms with Gasteiger partial charge in [-0.3, -0.25) is 0 Å². The summed E-state index contributed by atoms with van der Waals surface area (Å²) in [6.07, 6.45) is -7.58. The van der Waals surface area contributed by atoms with Crippen molar-refractivity contribution < 1.29 is 56.1 Å². The van der Waals surface area contributed by atoms with Gasteiger partial charge in [0, 0.05) is 12.1 Å². The average Bonchev–Trinajstić information content (AvgIpc) is 2.99. The van der Waals surface area contributed by atoms with Crippen molar-refractivity contribution in [3.8, 4) is 0 Å². The molecular weight excluding hydrogens is 673 g/mol. The summed E-state index contributed by atoms with van der Waals surface area (Å²) in [7, 11) is -12.2. The Balaban J connectivity index is 0.00000123. The average molecular weight is 717 g/mol. The number of hydrogen-bond acceptors (Lipinski definition) is 0. The second-order valence-electron chi connectivity index (χ2n) is 14.7. The zero-order valence-electron chi connectivity index (χ0n) is 26.9. The van der Waals surface area contributed by atoms with E-state index in [1.54, 1.807) is 15.5 Å². The van der Waals surface area contributed by atoms with Crippen LogP contribution in [-0.4, -0.2) is 25.2 Å². The molecule has 260 valence electrons. The maximum absolute atomic E-state index is 13.9. The Bertz CT molecular complexity index is 1190. The zero-order valence-corrected chi connectivity index (χ0v) is 29.6. The van der Waals surface area contributed by atoms with Crippen LogP contribution in [0, 0.1) is 0 Å². The second kappa shape index (κ2) is 11.4. The molecule has 1 aromatic heterocycles. The molecule has 1 aromatic carbocycles. The van der Waals surface area contributed by atoms with Crippen LogP contribution in [0.1, 0.15) is 94.2 Å². The Morgan fingerprint density at radius 2 is 0.909 bits per heavy atom. The maximum atomic E-state index is 13.9. The number of nitrogens with zero attached hydrogens (tertiary/aromatic N) is 2. The quantitative estimate of drug-likeness (QED) is 0.169. The van der Waals surface area contributed by atoms with Crippen molar-refractivity contribution in [2.75, 3.05) is 0 Å². The van der Waals surface area contributed by atoms with Crippen LogP contribution in [0.25, 0.3) is 11.0 Å². The summed E-state index contributed by atoms with van der Waals surface area (Å²) in [6, 6.07) is 1.42. The second-order valence-corrected chi connectivity index (χ2v) is 24.3. The SMILES string of the molecule is CC(C)(C)P(Cn1c[n+](CP(C(C)(C)C)C(C)(C)C)c2cc(C(F)(F)F)c(C(F)(F)F)cc21)C(C)(C)C.F[P-](F)(F)(F)(F)F. The third-order valence-electron chi connectivity index (χ3n) is 6.45. The van der Waals surface area contributed by atoms with E-state index >= 15 is 0 Å². The number of fused-ring (bicyclic) bond motifs is 1. The Morgan fingerprint density at radius 1 is 0.591 bits per heavy atom. The summed E-state index contributed by atoms with van der Waals surface area (Å²) in [6.45, 7) is 25.4. The summed E-state index contributed by atoms with van der Waals surface area (Å²) < 4.78 is 146. The van der Waals surface area contributed by atoms with Crippen molar-refractivity contribution in [3.63, 3.8) is 0 Å². The predicted molar refractivity (Wildman–Crippen MR) is 159 cm³/mol. The molecule has 0 atom stereocenters. The third-order valence-corrected chi connectivity index (χ3v) is 14.1. The molecule has 2 aromatic rings. The van der Waals surface area contributed by atoms with Gasteiger partial charge in [0.1, 0.15) is 12.6 Å². The summed E-state index contributed by atoms with van der Waals surface area (Å²) in [5.74, 6) is 0. The molecule has 2 rings (SSSR count). The predicted octanol–water partition coefficient (Wildman–Crippen LogP) is 13.4. The first-order chi connectivity index (χ1) is 18.6. The fourth-order valence-electron chi connectivity index (χ4n) is 5.19. The van der Waals surface area contributed by atoms with Gasteiger partial charge >= 0.3 is 45.3 Å². The van der Waals surface area contributed by atoms with Gasteiger partial charge in [0.05, 0.1) is 11.1 Å². The van der Waals surface area contributed by atoms with Gasteiger partial charge in [0.25, 0.3) is 0 Å². The third kappa shape index (κ3) is 13.1. The first-order valence-corrected chi connectivity index (χ1v) is 18.5. The molecule has 0 fully saturated rings. The van der Waals surface area contributed by atoms with Gasteiger partial charge in [-0.2, -0.15) is 26.3 Å². The molecule has 0 saturated heterocycles. The fourth-order valence-corrected chi connectivity index (χ4v) is 12.0. The number of aromatic nitrogens is 2. The van der Waals surface area contributed by atoms with Crippen molar-refractivity contribution in [2.45, 2.75) is 129 Å². The molecule has 1 heterocycles. The van der Waals surface area contributed by atoms with Crippen molar-refractivity contribution >= 4 is 34.7 Å². The molecule has 0 aliphatic carbocycles. The zero-order chi connectivity index (χ0) is 35.6. The molecule has 0 spiro atoms. The minimum absolute atomic E-state index is 0.114. The summed E-state index contributed by atoms with van der Waals surface area (Å²) in [5.41, 5.74) is -2.88. The summed E-state index contributed by atoms with van der Waals surface area (Å²) in [5, 5.41) is -0.456. The molecule has 0 aliphatic rings. The molecule has 17 heteroatoms. The molecule has 0 amide bonds. The molecule has 0 N–H and O–H groups in total. The number of halogens is 12. The number of benzene rings is 1. The Labute approximate surface area is 253 Å². The number of imidazole rings is 1. The number of rotatable bonds is 4. The molecule has 0 bridgehead atoms. The normalized spacial score (nSPS) is 16.2. The van der Waals surface area contributed by atoms with Crippen molar-refractivity contribution in [3.05, 3.63) is 29.6 Å². The Hall–Kier alpha value is -0.860. The van der Waals surface area contributed by atoms with Crippen molar-refractivity contribution in [1.82, 2.24) is 4.57 Å². The van der Waals surface area contributed by atoms with Crippen LogP contribution >= 0.6 is 23.7 Å². The van der Waals surface area contributed by atoms with E-state index in [-0.39, 0.29) is 31.7 Å². The summed E-state index contributed by atoms with van der Waals surface area (Å²) >= 11 is 0. The number of alkyl halides is 6. The first-order valence-electron chi connectivity index (χ1n) is 13.4. The van der Waals surface area contributed by atoms with Gasteiger partial charge in [0.2, 0.25) is 6.33 Å². The van der Waals surface area contributed by atoms with Gasteiger partial charge < -0.3 is 0 Å². The van der Waals surface area contributed by atoms with Crippen LogP contribution in [0.5, 0.6) is 0 Å². The van der Waals surface area contributed by atoms with E-state index in [1.807, 2.05) is 0 Å². The minimum atomic E-state index is -10.7. The van der Waals surface area contributed by atoms with Gasteiger partial charge in [-0.1, -0.05) is 98.9 Å². The monoisotopic (exact) mass is 716 g/mol. The molecule has 0 unspecified atom stereocenters. The van der Waals surface area contributed by atoms with Crippen LogP contribution < -0.4 is 4.57 Å². The van der Waals surface area contributed by atoms with Crippen LogP contribution in [-0.2, 0) is 24.9 Å². The van der Waals surface area contributed by atoms with Crippen molar-refractivity contribution in [1.29, 1.82) is 0 Å². The molecule has 44 heavy (non-hydrogen) atoms. The number of hydrogen-bond donors (Lipinski definition) is 0. The van der Waals surface area contributed by atoms with E-state index in [0.29, 0.717) is 24.7 Å². The van der Waals surface area contributed by atoms with Gasteiger partial charge in [-0.25, -0.2) is 9.13 Å². The molecular formula is C27H43F12N2P3. The van der Waals surface area contributed by atoms with E-state index in [9.17, 15) is 51.5 Å². The standard InChI is InChI=1S/C27H43F6N2P2.F6P/c1-22(2,3)36(23(4,5)6)16-34-15-35(17-37(24(7,8)9)25(10,11)12)21-14-19(27(31,32)33)18(13-20(21)34)26(28,29)30;1-7(2,3,4,5)6/h13-15H,16-17H2,1-12H3;/q+1;-1. The molecule has 2 nitrogen and oxygen atoms in total. The Morgan fingerprint density at radius 3 is 1.20 bits per heavy atom. The van der Waals surface area contributed by atoms with E-state index < -0.39 is 47.1 Å². The topological polar surface area (TPSA) is 8.81 Å². The fraction of sp³-hybridized carbons (Fsp3) is 0.741. The van der Waals surface area contributed by atoms with Crippen LogP contribution in [0.3, 0.4) is 0 Å². The van der Waals surface area contributed by atoms with Gasteiger partial charge in [-0.15, -0.1) is 0 Å². The van der Waals surface area contributed by atoms with Crippen LogP contribution in [0.4, 0.5) is 51.5 Å². The van der Waals surface area contributed by atoms with Gasteiger partial charge in [-0.05, 0) is 20.6 Å². The first kappa shape index (κ1) is 41.2. The van der Waals surface area contributed by atoms with Crippen molar-refractivity contribution in [2.24, 2.45) is 0 Å². The van der Waals surface area contributed by atoms with E-state index in [1.165, 1.54) is 0 Å². The molecule has 0 radical (unpaired) electrons. The van der Waals surface area contributed by atoms with E-state index in [4.69, 9.17) is 0 Å². The molecule has 0 saturated carbocycles. The van der Waals surface area contributed by atoms with Crippen LogP contribution in [0.2, 0.25) is 0 Å². The van der Waals surface area contributed by atoms with Gasteiger partial charge in [0.15, 0.2) is 11.0 Å². The molecule has 0 aliphatic heterocycles. The Kier molecular flexibility index (Phi) is 10.7. The van der Waals surface area contributed by atoms with E-state index in [0.717, 1.165) is 0 Å². The van der Waals surface area contributed by atoms with Crippen LogP contribution in [0.15, 0.2) is 18.5 Å². The summed E-state index contributed by atoms with van der Waals surface area (Å²) in [4.78, 5) is 0. The van der Waals surface area contributed by atoms with E-state index in [2.05, 4.69) is 83.1 Å².